The highest BCUT2D eigenvalue weighted by atomic mass is 32.2. The number of carbonyl (C=O) groups is 1. The van der Waals surface area contributed by atoms with Gasteiger partial charge in [0.1, 0.15) is 5.75 Å². The molecule has 1 amide bonds. The van der Waals surface area contributed by atoms with Crippen LogP contribution in [-0.4, -0.2) is 38.8 Å². The molecule has 7 heteroatoms. The first-order chi connectivity index (χ1) is 13.8. The Morgan fingerprint density at radius 1 is 1.14 bits per heavy atom. The summed E-state index contributed by atoms with van der Waals surface area (Å²) in [6, 6.07) is 13.4. The summed E-state index contributed by atoms with van der Waals surface area (Å²) in [4.78, 5) is 12.9. The van der Waals surface area contributed by atoms with Gasteiger partial charge in [-0.25, -0.2) is 8.42 Å². The molecule has 1 unspecified atom stereocenters. The summed E-state index contributed by atoms with van der Waals surface area (Å²) < 4.78 is 32.8. The van der Waals surface area contributed by atoms with E-state index < -0.39 is 10.0 Å². The lowest BCUT2D eigenvalue weighted by Crippen LogP contribution is -2.38. The van der Waals surface area contributed by atoms with Gasteiger partial charge in [0.05, 0.1) is 18.0 Å². The Balaban J connectivity index is 1.77. The molecule has 1 aliphatic heterocycles. The number of piperidine rings is 1. The Morgan fingerprint density at radius 2 is 1.83 bits per heavy atom. The van der Waals surface area contributed by atoms with Crippen molar-refractivity contribution in [2.45, 2.75) is 37.6 Å². The predicted molar refractivity (Wildman–Crippen MR) is 112 cm³/mol. The number of hydrogen-bond donors (Lipinski definition) is 1. The number of ether oxygens (including phenoxy) is 1. The van der Waals surface area contributed by atoms with E-state index in [1.54, 1.807) is 25.3 Å². The van der Waals surface area contributed by atoms with Crippen molar-refractivity contribution >= 4 is 15.9 Å². The highest BCUT2D eigenvalue weighted by Gasteiger charge is 2.28. The minimum absolute atomic E-state index is 0.157. The van der Waals surface area contributed by atoms with Crippen LogP contribution in [0, 0.1) is 5.92 Å². The molecule has 1 heterocycles. The molecular weight excluding hydrogens is 388 g/mol. The van der Waals surface area contributed by atoms with Gasteiger partial charge < -0.3 is 10.1 Å². The molecule has 0 radical (unpaired) electrons. The summed E-state index contributed by atoms with van der Waals surface area (Å²) in [5.41, 5.74) is 1.17. The van der Waals surface area contributed by atoms with Crippen LogP contribution < -0.4 is 10.1 Å². The lowest BCUT2D eigenvalue weighted by Gasteiger charge is -2.29. The SMILES string of the molecule is COc1ccccc1C(C)NC(=O)c1cccc(S(=O)(=O)N2CCC(C)CC2)c1. The number of nitrogens with zero attached hydrogens (tertiary/aromatic N) is 1. The monoisotopic (exact) mass is 416 g/mol. The van der Waals surface area contributed by atoms with Gasteiger partial charge in [0.2, 0.25) is 10.0 Å². The predicted octanol–water partition coefficient (Wildman–Crippen LogP) is 3.61. The largest absolute Gasteiger partial charge is 0.496 e. The van der Waals surface area contributed by atoms with Gasteiger partial charge in [-0.05, 0) is 49.9 Å². The van der Waals surface area contributed by atoms with E-state index in [0.717, 1.165) is 18.4 Å². The van der Waals surface area contributed by atoms with Crippen molar-refractivity contribution in [1.82, 2.24) is 9.62 Å². The Bertz CT molecular complexity index is 966. The number of methoxy groups -OCH3 is 1. The highest BCUT2D eigenvalue weighted by molar-refractivity contribution is 7.89. The van der Waals surface area contributed by atoms with E-state index >= 15 is 0 Å². The van der Waals surface area contributed by atoms with Crippen LogP contribution >= 0.6 is 0 Å². The number of carbonyl (C=O) groups excluding carboxylic acids is 1. The number of nitrogens with one attached hydrogen (secondary N) is 1. The van der Waals surface area contributed by atoms with E-state index in [4.69, 9.17) is 4.74 Å². The fraction of sp³-hybridized carbons (Fsp3) is 0.409. The second-order valence-corrected chi connectivity index (χ2v) is 9.49. The van der Waals surface area contributed by atoms with Crippen molar-refractivity contribution in [1.29, 1.82) is 0 Å². The van der Waals surface area contributed by atoms with Crippen LogP contribution in [0.1, 0.15) is 48.7 Å². The zero-order chi connectivity index (χ0) is 21.0. The first-order valence-electron chi connectivity index (χ1n) is 9.87. The number of rotatable bonds is 6. The third-order valence-corrected chi connectivity index (χ3v) is 7.32. The van der Waals surface area contributed by atoms with Crippen molar-refractivity contribution in [2.75, 3.05) is 20.2 Å². The smallest absolute Gasteiger partial charge is 0.251 e. The van der Waals surface area contributed by atoms with Crippen LogP contribution in [0.2, 0.25) is 0 Å². The van der Waals surface area contributed by atoms with E-state index in [-0.39, 0.29) is 16.8 Å². The zero-order valence-corrected chi connectivity index (χ0v) is 17.9. The number of para-hydroxylation sites is 1. The molecule has 1 fully saturated rings. The summed E-state index contributed by atoms with van der Waals surface area (Å²) in [6.07, 6.45) is 1.71. The number of hydrogen-bond acceptors (Lipinski definition) is 4. The Morgan fingerprint density at radius 3 is 2.52 bits per heavy atom. The number of amides is 1. The highest BCUT2D eigenvalue weighted by Crippen LogP contribution is 2.26. The fourth-order valence-corrected chi connectivity index (χ4v) is 5.07. The molecule has 6 nitrogen and oxygen atoms in total. The van der Waals surface area contributed by atoms with Crippen LogP contribution in [-0.2, 0) is 10.0 Å². The Kier molecular flexibility index (Phi) is 6.59. The van der Waals surface area contributed by atoms with Crippen LogP contribution in [0.3, 0.4) is 0 Å². The molecule has 1 aliphatic rings. The molecule has 1 N–H and O–H groups in total. The number of sulfonamides is 1. The standard InChI is InChI=1S/C22H28N2O4S/c1-16-11-13-24(14-12-16)29(26,27)19-8-6-7-18(15-19)22(25)23-17(2)20-9-4-5-10-21(20)28-3/h4-10,15-17H,11-14H2,1-3H3,(H,23,25). The van der Waals surface area contributed by atoms with Gasteiger partial charge in [-0.2, -0.15) is 4.31 Å². The molecule has 0 aromatic heterocycles. The van der Waals surface area contributed by atoms with Crippen molar-refractivity contribution in [3.8, 4) is 5.75 Å². The summed E-state index contributed by atoms with van der Waals surface area (Å²) in [6.45, 7) is 5.04. The van der Waals surface area contributed by atoms with E-state index in [1.165, 1.54) is 10.4 Å². The van der Waals surface area contributed by atoms with Gasteiger partial charge in [-0.3, -0.25) is 4.79 Å². The molecular formula is C22H28N2O4S. The molecule has 0 bridgehead atoms. The maximum Gasteiger partial charge on any atom is 0.251 e. The molecule has 2 aromatic carbocycles. The summed E-state index contributed by atoms with van der Waals surface area (Å²) >= 11 is 0. The van der Waals surface area contributed by atoms with Gasteiger partial charge in [-0.1, -0.05) is 31.2 Å². The van der Waals surface area contributed by atoms with E-state index in [1.807, 2.05) is 31.2 Å². The topological polar surface area (TPSA) is 75.7 Å². The number of benzene rings is 2. The maximum absolute atomic E-state index is 13.0. The minimum Gasteiger partial charge on any atom is -0.496 e. The normalized spacial score (nSPS) is 16.9. The van der Waals surface area contributed by atoms with Gasteiger partial charge >= 0.3 is 0 Å². The fourth-order valence-electron chi connectivity index (χ4n) is 3.55. The maximum atomic E-state index is 13.0. The van der Waals surface area contributed by atoms with Crippen LogP contribution in [0.4, 0.5) is 0 Å². The van der Waals surface area contributed by atoms with Crippen molar-refractivity contribution < 1.29 is 17.9 Å². The molecule has 0 spiro atoms. The van der Waals surface area contributed by atoms with Gasteiger partial charge in [0.15, 0.2) is 0 Å². The molecule has 0 aliphatic carbocycles. The summed E-state index contributed by atoms with van der Waals surface area (Å²) in [7, 11) is -2.01. The second-order valence-electron chi connectivity index (χ2n) is 7.55. The molecule has 1 atom stereocenters. The average molecular weight is 417 g/mol. The third-order valence-electron chi connectivity index (χ3n) is 5.43. The first kappa shape index (κ1) is 21.3. The molecule has 3 rings (SSSR count). The summed E-state index contributed by atoms with van der Waals surface area (Å²) in [5.74, 6) is 0.902. The van der Waals surface area contributed by atoms with Crippen molar-refractivity contribution in [3.05, 3.63) is 59.7 Å². The van der Waals surface area contributed by atoms with Crippen LogP contribution in [0.15, 0.2) is 53.4 Å². The first-order valence-corrected chi connectivity index (χ1v) is 11.3. The molecule has 2 aromatic rings. The molecule has 0 saturated carbocycles. The van der Waals surface area contributed by atoms with E-state index in [9.17, 15) is 13.2 Å². The van der Waals surface area contributed by atoms with Crippen LogP contribution in [0.5, 0.6) is 5.75 Å². The lowest BCUT2D eigenvalue weighted by molar-refractivity contribution is 0.0939. The van der Waals surface area contributed by atoms with E-state index in [0.29, 0.717) is 30.3 Å². The third kappa shape index (κ3) is 4.79. The Hall–Kier alpha value is -2.38. The van der Waals surface area contributed by atoms with Gasteiger partial charge in [0.25, 0.3) is 5.91 Å². The summed E-state index contributed by atoms with van der Waals surface area (Å²) in [5, 5.41) is 2.92. The van der Waals surface area contributed by atoms with Crippen LogP contribution in [0.25, 0.3) is 0 Å². The molecule has 29 heavy (non-hydrogen) atoms. The molecule has 1 saturated heterocycles. The van der Waals surface area contributed by atoms with E-state index in [2.05, 4.69) is 12.2 Å². The van der Waals surface area contributed by atoms with Gasteiger partial charge in [-0.15, -0.1) is 0 Å². The Labute approximate surface area is 172 Å². The second kappa shape index (κ2) is 8.97. The zero-order valence-electron chi connectivity index (χ0n) is 17.1. The minimum atomic E-state index is -3.60. The molecule has 156 valence electrons. The lowest BCUT2D eigenvalue weighted by atomic mass is 10.0. The quantitative estimate of drug-likeness (QED) is 0.781. The van der Waals surface area contributed by atoms with Gasteiger partial charge in [0, 0.05) is 24.2 Å². The average Bonchev–Trinajstić information content (AvgIpc) is 2.74. The van der Waals surface area contributed by atoms with Crippen molar-refractivity contribution in [2.24, 2.45) is 5.92 Å². The van der Waals surface area contributed by atoms with Crippen molar-refractivity contribution in [3.63, 3.8) is 0 Å².